The first-order chi connectivity index (χ1) is 36.4. The Kier molecular flexibility index (Phi) is 39.0. The molecule has 0 spiro atoms. The summed E-state index contributed by atoms with van der Waals surface area (Å²) in [6.45, 7) is 15.5. The van der Waals surface area contributed by atoms with Crippen molar-refractivity contribution in [1.82, 2.24) is 15.2 Å². The summed E-state index contributed by atoms with van der Waals surface area (Å²) in [5, 5.41) is 3.10. The van der Waals surface area contributed by atoms with E-state index in [1.54, 1.807) is 4.49 Å². The number of allylic oxidation sites excluding steroid dienone is 5. The number of aryl methyl sites for hydroxylation is 2. The van der Waals surface area contributed by atoms with Crippen LogP contribution in [-0.2, 0) is 33.4 Å². The Hall–Kier alpha value is -4.26. The van der Waals surface area contributed by atoms with Crippen LogP contribution in [0.4, 0.5) is 4.32 Å². The third kappa shape index (κ3) is 32.8. The SMILES string of the molecule is CCCCCCC=CCOC(=O)CCCCCCCC(CCCCCCCC(=O)OCC=CCCCCCC)OC(=O)CCCN(C)CCCCCCNC(=O)CCC(=C1C(C)=CC(C)=[N+]1[B]F)c1[nH]c(C)cc1C. The van der Waals surface area contributed by atoms with Crippen molar-refractivity contribution in [3.05, 3.63) is 64.7 Å². The van der Waals surface area contributed by atoms with E-state index in [1.165, 1.54) is 51.4 Å². The second kappa shape index (κ2) is 43.8. The first kappa shape index (κ1) is 66.9. The zero-order chi connectivity index (χ0) is 54.7. The minimum absolute atomic E-state index is 0.00102. The summed E-state index contributed by atoms with van der Waals surface area (Å²) < 4.78 is 32.5. The van der Waals surface area contributed by atoms with E-state index < -0.39 is 0 Å². The molecule has 1 amide bonds. The number of hydrogen-bond donors (Lipinski definition) is 2. The number of aromatic nitrogens is 1. The number of aromatic amines is 1. The molecule has 1 aliphatic rings. The number of ether oxygens (including phenoxy) is 3. The molecule has 0 aliphatic carbocycles. The van der Waals surface area contributed by atoms with Crippen molar-refractivity contribution in [3.63, 3.8) is 0 Å². The van der Waals surface area contributed by atoms with E-state index in [0.717, 1.165) is 175 Å². The van der Waals surface area contributed by atoms with Gasteiger partial charge in [0.05, 0.1) is 5.69 Å². The van der Waals surface area contributed by atoms with Crippen molar-refractivity contribution >= 4 is 42.8 Å². The highest BCUT2D eigenvalue weighted by Gasteiger charge is 2.32. The van der Waals surface area contributed by atoms with Crippen LogP contribution in [0.5, 0.6) is 0 Å². The maximum absolute atomic E-state index is 14.0. The normalized spacial score (nSPS) is 13.8. The summed E-state index contributed by atoms with van der Waals surface area (Å²) in [7, 11) is 2.71. The van der Waals surface area contributed by atoms with Crippen LogP contribution in [0.2, 0.25) is 0 Å². The molecule has 423 valence electrons. The summed E-state index contributed by atoms with van der Waals surface area (Å²) in [6.07, 6.45) is 40.4. The van der Waals surface area contributed by atoms with E-state index in [9.17, 15) is 23.5 Å². The number of nitrogens with one attached hydrogen (secondary N) is 2. The predicted octanol–water partition coefficient (Wildman–Crippen LogP) is 15.0. The Morgan fingerprint density at radius 2 is 1.16 bits per heavy atom. The van der Waals surface area contributed by atoms with Crippen molar-refractivity contribution in [2.24, 2.45) is 0 Å². The van der Waals surface area contributed by atoms with Gasteiger partial charge in [0.1, 0.15) is 19.3 Å². The highest BCUT2D eigenvalue weighted by molar-refractivity contribution is 6.19. The van der Waals surface area contributed by atoms with E-state index >= 15 is 0 Å². The number of nitrogens with zero attached hydrogens (tertiary/aromatic N) is 2. The first-order valence-electron chi connectivity index (χ1n) is 29.8. The van der Waals surface area contributed by atoms with Gasteiger partial charge >= 0.3 is 25.6 Å². The second-order valence-corrected chi connectivity index (χ2v) is 21.2. The third-order valence-corrected chi connectivity index (χ3v) is 14.1. The molecule has 13 heteroatoms. The lowest BCUT2D eigenvalue weighted by Crippen LogP contribution is -2.25. The van der Waals surface area contributed by atoms with Gasteiger partial charge in [0, 0.05) is 62.1 Å². The van der Waals surface area contributed by atoms with Crippen LogP contribution in [0.1, 0.15) is 250 Å². The number of unbranched alkanes of at least 4 members (excludes halogenated alkanes) is 19. The molecule has 2 N–H and O–H groups in total. The maximum Gasteiger partial charge on any atom is 0.792 e. The average molecular weight is 1050 g/mol. The Bertz CT molecular complexity index is 1850. The number of H-pyrrole nitrogens is 1. The topological polar surface area (TPSA) is 130 Å². The molecule has 2 heterocycles. The molecule has 75 heavy (non-hydrogen) atoms. The molecule has 1 aliphatic heterocycles. The first-order valence-corrected chi connectivity index (χ1v) is 29.8. The monoisotopic (exact) mass is 1050 g/mol. The fourth-order valence-corrected chi connectivity index (χ4v) is 9.78. The largest absolute Gasteiger partial charge is 0.792 e. The molecule has 0 aromatic carbocycles. The minimum atomic E-state index is -0.126. The van der Waals surface area contributed by atoms with Crippen LogP contribution < -0.4 is 5.32 Å². The van der Waals surface area contributed by atoms with Crippen LogP contribution in [0, 0.1) is 13.8 Å². The summed E-state index contributed by atoms with van der Waals surface area (Å²) in [4.78, 5) is 56.2. The summed E-state index contributed by atoms with van der Waals surface area (Å²) in [5.41, 5.74) is 6.59. The van der Waals surface area contributed by atoms with Gasteiger partial charge in [-0.2, -0.15) is 0 Å². The molecule has 0 unspecified atom stereocenters. The second-order valence-electron chi connectivity index (χ2n) is 21.2. The number of carbonyl (C=O) groups excluding carboxylic acids is 4. The van der Waals surface area contributed by atoms with Crippen LogP contribution in [0.15, 0.2) is 47.7 Å². The predicted molar refractivity (Wildman–Crippen MR) is 308 cm³/mol. The van der Waals surface area contributed by atoms with Gasteiger partial charge in [0.15, 0.2) is 11.4 Å². The molecule has 1 radical (unpaired) electrons. The average Bonchev–Trinajstić information content (AvgIpc) is 3.87. The third-order valence-electron chi connectivity index (χ3n) is 14.1. The summed E-state index contributed by atoms with van der Waals surface area (Å²) >= 11 is 0. The van der Waals surface area contributed by atoms with Crippen molar-refractivity contribution in [3.8, 4) is 0 Å². The number of amides is 1. The minimum Gasteiger partial charge on any atom is -0.462 e. The molecule has 1 aromatic rings. The lowest BCUT2D eigenvalue weighted by atomic mass is 9.97. The van der Waals surface area contributed by atoms with E-state index in [1.807, 2.05) is 45.9 Å². The van der Waals surface area contributed by atoms with Crippen LogP contribution in [0.3, 0.4) is 0 Å². The van der Waals surface area contributed by atoms with Crippen LogP contribution >= 0.6 is 0 Å². The van der Waals surface area contributed by atoms with E-state index in [4.69, 9.17) is 14.2 Å². The Balaban J connectivity index is 1.67. The zero-order valence-electron chi connectivity index (χ0n) is 48.4. The van der Waals surface area contributed by atoms with Gasteiger partial charge < -0.3 is 29.4 Å². The molecule has 0 saturated carbocycles. The molecule has 11 nitrogen and oxygen atoms in total. The maximum atomic E-state index is 14.0. The van der Waals surface area contributed by atoms with E-state index in [-0.39, 0.29) is 29.9 Å². The van der Waals surface area contributed by atoms with E-state index in [2.05, 4.69) is 54.3 Å². The lowest BCUT2D eigenvalue weighted by molar-refractivity contribution is -0.320. The molecule has 1 aromatic heterocycles. The van der Waals surface area contributed by atoms with Gasteiger partial charge in [-0.1, -0.05) is 128 Å². The van der Waals surface area contributed by atoms with Gasteiger partial charge in [-0.15, -0.1) is 0 Å². The highest BCUT2D eigenvalue weighted by atomic mass is 19.1. The Morgan fingerprint density at radius 1 is 0.640 bits per heavy atom. The van der Waals surface area contributed by atoms with Gasteiger partial charge in [0.2, 0.25) is 5.91 Å². The van der Waals surface area contributed by atoms with Crippen molar-refractivity contribution in [2.45, 2.75) is 253 Å². The van der Waals surface area contributed by atoms with Gasteiger partial charge in [-0.25, -0.2) is 8.80 Å². The van der Waals surface area contributed by atoms with Gasteiger partial charge in [0.25, 0.3) is 0 Å². The van der Waals surface area contributed by atoms with Crippen molar-refractivity contribution < 1.29 is 42.2 Å². The number of rotatable bonds is 47. The van der Waals surface area contributed by atoms with Gasteiger partial charge in [-0.3, -0.25) is 19.2 Å². The molecule has 0 atom stereocenters. The highest BCUT2D eigenvalue weighted by Crippen LogP contribution is 2.33. The number of esters is 3. The van der Waals surface area contributed by atoms with Crippen molar-refractivity contribution in [2.75, 3.05) is 39.9 Å². The lowest BCUT2D eigenvalue weighted by Gasteiger charge is -2.19. The quantitative estimate of drug-likeness (QED) is 0.0217. The van der Waals surface area contributed by atoms with Crippen LogP contribution in [-0.4, -0.2) is 97.6 Å². The molecular formula is C62H104BFN4O7+. The standard InChI is InChI=1S/C62H104BFN4O7/c1-8-10-12-14-16-26-34-47-73-58(70)39-30-22-18-20-28-37-55(38-29-21-19-23-31-40-59(71)74-48-35-27-17-15-13-11-9-2)75-60(72)41-36-46-67(7)45-33-25-24-32-44-65-57(69)43-42-56(61-51(3)49-53(5)66-61)62-52(4)50-54(6)68(62)63-64/h26-27,34-35,49-50,55,66H,8-25,28-33,36-48H2,1-7H3,(H,65,69)/q+1. The number of halogens is 1. The summed E-state index contributed by atoms with van der Waals surface area (Å²) in [5.74, 6) is -0.371. The fraction of sp³-hybridized carbons (Fsp3) is 0.726. The Morgan fingerprint density at radius 3 is 1.72 bits per heavy atom. The molecule has 2 rings (SSSR count). The van der Waals surface area contributed by atoms with Crippen molar-refractivity contribution in [1.29, 1.82) is 0 Å². The number of hydrogen-bond acceptors (Lipinski definition) is 8. The van der Waals surface area contributed by atoms with Crippen LogP contribution in [0.25, 0.3) is 5.57 Å². The Labute approximate surface area is 456 Å². The molecule has 0 saturated heterocycles. The van der Waals surface area contributed by atoms with E-state index in [0.29, 0.717) is 59.6 Å². The fourth-order valence-electron chi connectivity index (χ4n) is 9.78. The number of carbonyl (C=O) groups is 4. The smallest absolute Gasteiger partial charge is 0.462 e. The summed E-state index contributed by atoms with van der Waals surface area (Å²) in [6, 6.07) is 2.08. The molecular weight excluding hydrogens is 943 g/mol. The molecule has 0 fully saturated rings. The zero-order valence-corrected chi connectivity index (χ0v) is 48.4. The molecule has 0 bridgehead atoms. The van der Waals surface area contributed by atoms with Gasteiger partial charge in [-0.05, 0) is 142 Å².